The van der Waals surface area contributed by atoms with Crippen molar-refractivity contribution >= 4 is 6.03 Å². The number of nitrogens with two attached hydrogens (primary N) is 1. The number of urea groups is 1. The zero-order valence-electron chi connectivity index (χ0n) is 12.8. The summed E-state index contributed by atoms with van der Waals surface area (Å²) in [5.74, 6) is 1.97. The molecule has 4 saturated carbocycles. The molecule has 0 spiro atoms. The molecule has 0 aromatic carbocycles. The Bertz CT molecular complexity index is 408. The molecule has 118 valence electrons. The third kappa shape index (κ3) is 2.94. The Morgan fingerprint density at radius 1 is 1.29 bits per heavy atom. The Balaban J connectivity index is 1.55. The average Bonchev–Trinajstić information content (AvgIpc) is 2.47. The fraction of sp³-hybridized carbons (Fsp3) is 0.812. The highest BCUT2D eigenvalue weighted by molar-refractivity contribution is 5.74. The fourth-order valence-electron chi connectivity index (χ4n) is 4.97. The molecule has 0 aromatic rings. The van der Waals surface area contributed by atoms with Crippen LogP contribution in [0.1, 0.15) is 32.1 Å². The van der Waals surface area contributed by atoms with E-state index in [4.69, 9.17) is 10.5 Å². The molecule has 4 bridgehead atoms. The molecular weight excluding hydrogens is 266 g/mol. The highest BCUT2D eigenvalue weighted by Crippen LogP contribution is 2.56. The Morgan fingerprint density at radius 2 is 2.00 bits per heavy atom. The molecule has 4 fully saturated rings. The van der Waals surface area contributed by atoms with Crippen molar-refractivity contribution in [1.29, 1.82) is 0 Å². The molecule has 2 atom stereocenters. The summed E-state index contributed by atoms with van der Waals surface area (Å²) in [6, 6.07) is 0.268. The lowest BCUT2D eigenvalue weighted by atomic mass is 9.52. The third-order valence-corrected chi connectivity index (χ3v) is 5.63. The van der Waals surface area contributed by atoms with E-state index < -0.39 is 0 Å². The van der Waals surface area contributed by atoms with Gasteiger partial charge in [0.2, 0.25) is 0 Å². The summed E-state index contributed by atoms with van der Waals surface area (Å²) in [7, 11) is 1.85. The highest BCUT2D eigenvalue weighted by atomic mass is 16.5. The minimum atomic E-state index is -0.0550. The lowest BCUT2D eigenvalue weighted by Crippen LogP contribution is -2.63. The van der Waals surface area contributed by atoms with Crippen molar-refractivity contribution in [1.82, 2.24) is 10.6 Å². The molecule has 0 radical (unpaired) electrons. The van der Waals surface area contributed by atoms with E-state index in [1.807, 2.05) is 19.3 Å². The van der Waals surface area contributed by atoms with E-state index >= 15 is 0 Å². The minimum Gasteiger partial charge on any atom is -0.378 e. The van der Waals surface area contributed by atoms with Crippen LogP contribution in [0.15, 0.2) is 12.2 Å². The smallest absolute Gasteiger partial charge is 0.315 e. The molecule has 5 nitrogen and oxygen atoms in total. The molecule has 0 heterocycles. The van der Waals surface area contributed by atoms with E-state index in [2.05, 4.69) is 10.6 Å². The first-order chi connectivity index (χ1) is 10.2. The van der Waals surface area contributed by atoms with Crippen molar-refractivity contribution in [3.63, 3.8) is 0 Å². The number of carbonyl (C=O) groups excluding carboxylic acids is 1. The maximum atomic E-state index is 12.0. The van der Waals surface area contributed by atoms with Gasteiger partial charge in [-0.2, -0.15) is 0 Å². The van der Waals surface area contributed by atoms with E-state index in [0.717, 1.165) is 18.8 Å². The van der Waals surface area contributed by atoms with Crippen molar-refractivity contribution in [2.24, 2.45) is 23.5 Å². The second kappa shape index (κ2) is 5.97. The van der Waals surface area contributed by atoms with Gasteiger partial charge in [-0.05, 0) is 49.9 Å². The summed E-state index contributed by atoms with van der Waals surface area (Å²) in [6.45, 7) is 1.05. The van der Waals surface area contributed by atoms with Crippen molar-refractivity contribution < 1.29 is 9.53 Å². The number of carbonyl (C=O) groups is 1. The predicted molar refractivity (Wildman–Crippen MR) is 81.8 cm³/mol. The molecule has 2 amide bonds. The van der Waals surface area contributed by atoms with Gasteiger partial charge < -0.3 is 21.1 Å². The second-order valence-electron chi connectivity index (χ2n) is 6.94. The minimum absolute atomic E-state index is 0.0550. The van der Waals surface area contributed by atoms with Crippen LogP contribution in [0.5, 0.6) is 0 Å². The molecule has 4 aliphatic carbocycles. The van der Waals surface area contributed by atoms with Gasteiger partial charge >= 0.3 is 6.03 Å². The van der Waals surface area contributed by atoms with Crippen LogP contribution in [0.3, 0.4) is 0 Å². The number of methoxy groups -OCH3 is 1. The van der Waals surface area contributed by atoms with Crippen molar-refractivity contribution in [3.8, 4) is 0 Å². The summed E-state index contributed by atoms with van der Waals surface area (Å²) >= 11 is 0. The lowest BCUT2D eigenvalue weighted by Gasteiger charge is -2.59. The first-order valence-corrected chi connectivity index (χ1v) is 8.10. The first kappa shape index (κ1) is 14.9. The van der Waals surface area contributed by atoms with E-state index in [-0.39, 0.29) is 11.6 Å². The molecule has 0 aromatic heterocycles. The number of amides is 2. The Morgan fingerprint density at radius 3 is 2.62 bits per heavy atom. The zero-order valence-corrected chi connectivity index (χ0v) is 12.8. The van der Waals surface area contributed by atoms with Crippen LogP contribution in [0, 0.1) is 17.8 Å². The largest absolute Gasteiger partial charge is 0.378 e. The molecule has 21 heavy (non-hydrogen) atoms. The third-order valence-electron chi connectivity index (χ3n) is 5.63. The van der Waals surface area contributed by atoms with Crippen LogP contribution in [0.2, 0.25) is 0 Å². The monoisotopic (exact) mass is 293 g/mol. The van der Waals surface area contributed by atoms with Gasteiger partial charge in [0.25, 0.3) is 0 Å². The SMILES string of the molecule is COC12CC3CC(C1)C(NC(=O)NC/C=C/CN)C(C3)C2. The summed E-state index contributed by atoms with van der Waals surface area (Å²) in [6.07, 6.45) is 9.67. The van der Waals surface area contributed by atoms with Crippen molar-refractivity contribution in [2.45, 2.75) is 43.7 Å². The number of rotatable bonds is 5. The van der Waals surface area contributed by atoms with Gasteiger partial charge in [-0.15, -0.1) is 0 Å². The first-order valence-electron chi connectivity index (χ1n) is 8.10. The quantitative estimate of drug-likeness (QED) is 0.671. The maximum Gasteiger partial charge on any atom is 0.315 e. The molecular formula is C16H27N3O2. The normalized spacial score (nSPS) is 40.7. The molecule has 4 N–H and O–H groups in total. The van der Waals surface area contributed by atoms with Crippen LogP contribution >= 0.6 is 0 Å². The van der Waals surface area contributed by atoms with Gasteiger partial charge in [-0.1, -0.05) is 12.2 Å². The van der Waals surface area contributed by atoms with Gasteiger partial charge in [0.15, 0.2) is 0 Å². The number of ether oxygens (including phenoxy) is 1. The van der Waals surface area contributed by atoms with Crippen molar-refractivity contribution in [3.05, 3.63) is 12.2 Å². The summed E-state index contributed by atoms with van der Waals surface area (Å²) in [5, 5.41) is 6.09. The summed E-state index contributed by atoms with van der Waals surface area (Å²) in [4.78, 5) is 12.0. The molecule has 2 unspecified atom stereocenters. The van der Waals surface area contributed by atoms with Crippen molar-refractivity contribution in [2.75, 3.05) is 20.2 Å². The van der Waals surface area contributed by atoms with Gasteiger partial charge in [0, 0.05) is 26.2 Å². The predicted octanol–water partition coefficient (Wildman–Crippen LogP) is 1.39. The maximum absolute atomic E-state index is 12.0. The van der Waals surface area contributed by atoms with Gasteiger partial charge in [-0.3, -0.25) is 0 Å². The van der Waals surface area contributed by atoms with Gasteiger partial charge in [0.05, 0.1) is 5.60 Å². The number of nitrogens with one attached hydrogen (secondary N) is 2. The van der Waals surface area contributed by atoms with Crippen LogP contribution in [0.25, 0.3) is 0 Å². The van der Waals surface area contributed by atoms with Crippen LogP contribution < -0.4 is 16.4 Å². The molecule has 4 aliphatic rings. The van der Waals surface area contributed by atoms with Crippen LogP contribution in [0.4, 0.5) is 4.79 Å². The number of hydrogen-bond donors (Lipinski definition) is 3. The fourth-order valence-corrected chi connectivity index (χ4v) is 4.97. The summed E-state index contributed by atoms with van der Waals surface area (Å²) in [5.41, 5.74) is 5.48. The Labute approximate surface area is 126 Å². The van der Waals surface area contributed by atoms with E-state index in [9.17, 15) is 4.79 Å². The molecule has 0 aliphatic heterocycles. The second-order valence-corrected chi connectivity index (χ2v) is 6.94. The van der Waals surface area contributed by atoms with Crippen LogP contribution in [-0.2, 0) is 4.74 Å². The molecule has 5 heteroatoms. The standard InChI is InChI=1S/C16H27N3O2/c1-21-16-8-11-6-12(9-16)14(13(7-11)10-16)19-15(20)18-5-3-2-4-17/h2-3,11-14H,4-10,17H2,1H3,(H2,18,19,20)/b3-2+. The Hall–Kier alpha value is -1.07. The van der Waals surface area contributed by atoms with Crippen LogP contribution in [-0.4, -0.2) is 37.9 Å². The molecule has 0 saturated heterocycles. The zero-order chi connectivity index (χ0) is 14.9. The average molecular weight is 293 g/mol. The van der Waals surface area contributed by atoms with E-state index in [0.29, 0.717) is 31.0 Å². The molecule has 4 rings (SSSR count). The summed E-state index contributed by atoms with van der Waals surface area (Å²) < 4.78 is 5.85. The van der Waals surface area contributed by atoms with E-state index in [1.54, 1.807) is 0 Å². The lowest BCUT2D eigenvalue weighted by molar-refractivity contribution is -0.155. The van der Waals surface area contributed by atoms with E-state index in [1.165, 1.54) is 19.3 Å². The topological polar surface area (TPSA) is 76.4 Å². The number of hydrogen-bond acceptors (Lipinski definition) is 3. The van der Waals surface area contributed by atoms with Gasteiger partial charge in [-0.25, -0.2) is 4.79 Å². The Kier molecular flexibility index (Phi) is 4.22. The van der Waals surface area contributed by atoms with Gasteiger partial charge in [0.1, 0.15) is 0 Å². The highest BCUT2D eigenvalue weighted by Gasteiger charge is 2.55.